The molecule has 1 amide bonds. The van der Waals surface area contributed by atoms with Crippen LogP contribution in [0.4, 0.5) is 4.79 Å². The number of sulfonamides is 1. The maximum absolute atomic E-state index is 12.0. The Balaban J connectivity index is 2.85. The molecule has 0 aliphatic rings. The Morgan fingerprint density at radius 1 is 1.27 bits per heavy atom. The second kappa shape index (κ2) is 7.21. The van der Waals surface area contributed by atoms with Gasteiger partial charge in [0.15, 0.2) is 0 Å². The minimum Gasteiger partial charge on any atom is -0.410 e. The smallest absolute Gasteiger partial charge is 0.410 e. The topological polar surface area (TPSA) is 84.0 Å². The lowest BCUT2D eigenvalue weighted by molar-refractivity contribution is 0.185. The highest BCUT2D eigenvalue weighted by molar-refractivity contribution is 8.00. The van der Waals surface area contributed by atoms with E-state index in [1.165, 1.54) is 7.05 Å². The Labute approximate surface area is 133 Å². The van der Waals surface area contributed by atoms with Gasteiger partial charge in [-0.3, -0.25) is 0 Å². The first-order valence-electron chi connectivity index (χ1n) is 6.45. The third kappa shape index (κ3) is 4.79. The van der Waals surface area contributed by atoms with Crippen molar-refractivity contribution in [3.8, 4) is 5.75 Å². The van der Waals surface area contributed by atoms with Gasteiger partial charge in [-0.25, -0.2) is 21.7 Å². The van der Waals surface area contributed by atoms with Gasteiger partial charge in [-0.15, -0.1) is 3.71 Å². The predicted molar refractivity (Wildman–Crippen MR) is 85.1 cm³/mol. The number of hydrogen-bond donors (Lipinski definition) is 0. The van der Waals surface area contributed by atoms with E-state index < -0.39 is 27.3 Å². The molecule has 1 unspecified atom stereocenters. The first kappa shape index (κ1) is 18.6. The second-order valence-electron chi connectivity index (χ2n) is 5.00. The van der Waals surface area contributed by atoms with E-state index in [0.29, 0.717) is 13.8 Å². The number of ether oxygens (including phenoxy) is 1. The number of carbonyl (C=O) groups is 1. The third-order valence-electron chi connectivity index (χ3n) is 2.91. The van der Waals surface area contributed by atoms with E-state index in [2.05, 4.69) is 0 Å². The Kier molecular flexibility index (Phi) is 6.09. The van der Waals surface area contributed by atoms with Gasteiger partial charge in [0.05, 0.1) is 6.26 Å². The van der Waals surface area contributed by atoms with Crippen molar-refractivity contribution in [1.82, 2.24) is 8.02 Å². The van der Waals surface area contributed by atoms with Gasteiger partial charge in [-0.1, -0.05) is 26.0 Å². The zero-order chi connectivity index (χ0) is 17.1. The van der Waals surface area contributed by atoms with Gasteiger partial charge < -0.3 is 4.74 Å². The average molecular weight is 348 g/mol. The monoisotopic (exact) mass is 348 g/mol. The molecular formula is C13H20N2O5S2. The van der Waals surface area contributed by atoms with Gasteiger partial charge in [0.1, 0.15) is 5.75 Å². The summed E-state index contributed by atoms with van der Waals surface area (Å²) in [5.41, 5.74) is 0.988. The van der Waals surface area contributed by atoms with E-state index >= 15 is 0 Å². The van der Waals surface area contributed by atoms with Crippen molar-refractivity contribution < 1.29 is 22.2 Å². The Hall–Kier alpha value is -1.45. The van der Waals surface area contributed by atoms with Crippen LogP contribution in [0.5, 0.6) is 5.75 Å². The lowest BCUT2D eigenvalue weighted by Crippen LogP contribution is -2.41. The molecule has 0 aliphatic heterocycles. The number of amides is 1. The van der Waals surface area contributed by atoms with Gasteiger partial charge in [-0.05, 0) is 23.6 Å². The molecule has 1 rings (SSSR count). The van der Waals surface area contributed by atoms with Crippen LogP contribution in [0.2, 0.25) is 0 Å². The summed E-state index contributed by atoms with van der Waals surface area (Å²) in [6.45, 7) is 4.01. The van der Waals surface area contributed by atoms with Crippen molar-refractivity contribution in [2.24, 2.45) is 0 Å². The molecule has 0 aliphatic carbocycles. The first-order chi connectivity index (χ1) is 10.0. The maximum Gasteiger partial charge on any atom is 0.427 e. The molecule has 0 N–H and O–H groups in total. The zero-order valence-corrected chi connectivity index (χ0v) is 14.8. The van der Waals surface area contributed by atoms with Crippen LogP contribution in [0.1, 0.15) is 25.3 Å². The van der Waals surface area contributed by atoms with Crippen molar-refractivity contribution in [2.45, 2.75) is 19.8 Å². The van der Waals surface area contributed by atoms with Gasteiger partial charge in [0.2, 0.25) is 21.2 Å². The summed E-state index contributed by atoms with van der Waals surface area (Å²) in [4.78, 5) is 12.0. The Morgan fingerprint density at radius 3 is 2.36 bits per heavy atom. The number of rotatable bonds is 5. The lowest BCUT2D eigenvalue weighted by Gasteiger charge is -2.20. The van der Waals surface area contributed by atoms with E-state index in [1.807, 2.05) is 19.9 Å². The van der Waals surface area contributed by atoms with Gasteiger partial charge in [0, 0.05) is 14.1 Å². The van der Waals surface area contributed by atoms with Crippen molar-refractivity contribution in [2.75, 3.05) is 20.4 Å². The summed E-state index contributed by atoms with van der Waals surface area (Å²) in [7, 11) is -1.37. The fourth-order valence-corrected chi connectivity index (χ4v) is 3.19. The summed E-state index contributed by atoms with van der Waals surface area (Å²) < 4.78 is 41.1. The average Bonchev–Trinajstić information content (AvgIpc) is 2.44. The normalized spacial score (nSPS) is 13.2. The Morgan fingerprint density at radius 2 is 1.86 bits per heavy atom. The van der Waals surface area contributed by atoms with E-state index in [1.54, 1.807) is 18.2 Å². The summed E-state index contributed by atoms with van der Waals surface area (Å²) in [5, 5.41) is 0. The third-order valence-corrected chi connectivity index (χ3v) is 6.09. The minimum atomic E-state index is -3.69. The van der Waals surface area contributed by atoms with Crippen molar-refractivity contribution >= 4 is 27.3 Å². The number of nitrogens with zero attached hydrogens (tertiary/aromatic N) is 2. The van der Waals surface area contributed by atoms with E-state index in [-0.39, 0.29) is 5.92 Å². The Bertz CT molecular complexity index is 673. The minimum absolute atomic E-state index is 0.266. The van der Waals surface area contributed by atoms with Crippen LogP contribution in [-0.4, -0.2) is 47.1 Å². The predicted octanol–water partition coefficient (Wildman–Crippen LogP) is 1.71. The number of carbonyl (C=O) groups excluding carboxylic acids is 1. The number of hydrogen-bond acceptors (Lipinski definition) is 5. The molecule has 0 fully saturated rings. The summed E-state index contributed by atoms with van der Waals surface area (Å²) in [5.74, 6) is 0.573. The molecule has 0 saturated heterocycles. The highest BCUT2D eigenvalue weighted by atomic mass is 32.3. The lowest BCUT2D eigenvalue weighted by atomic mass is 10.0. The molecule has 0 heterocycles. The largest absolute Gasteiger partial charge is 0.427 e. The quantitative estimate of drug-likeness (QED) is 0.809. The molecule has 7 nitrogen and oxygen atoms in total. The highest BCUT2D eigenvalue weighted by Crippen LogP contribution is 2.20. The van der Waals surface area contributed by atoms with E-state index in [9.17, 15) is 17.4 Å². The molecule has 0 bridgehead atoms. The van der Waals surface area contributed by atoms with E-state index in [4.69, 9.17) is 4.74 Å². The molecule has 0 radical (unpaired) electrons. The second-order valence-corrected chi connectivity index (χ2v) is 8.80. The summed E-state index contributed by atoms with van der Waals surface area (Å²) in [6.07, 6.45) is -0.00866. The maximum atomic E-state index is 12.0. The standard InChI is InChI=1S/C13H20N2O5S2/c1-10(2)11-7-6-8-12(9-11)20-13(16)14(3)21(17)15(4)22(5,18)19/h6-10H,1-5H3. The van der Waals surface area contributed by atoms with Crippen LogP contribution >= 0.6 is 0 Å². The van der Waals surface area contributed by atoms with Crippen LogP contribution in [0.3, 0.4) is 0 Å². The molecule has 1 atom stereocenters. The van der Waals surface area contributed by atoms with E-state index in [0.717, 1.165) is 18.9 Å². The number of benzene rings is 1. The first-order valence-corrected chi connectivity index (χ1v) is 9.36. The molecule has 9 heteroatoms. The van der Waals surface area contributed by atoms with Crippen molar-refractivity contribution in [3.63, 3.8) is 0 Å². The molecular weight excluding hydrogens is 328 g/mol. The van der Waals surface area contributed by atoms with Crippen LogP contribution in [-0.2, 0) is 21.2 Å². The fraction of sp³-hybridized carbons (Fsp3) is 0.462. The van der Waals surface area contributed by atoms with Gasteiger partial charge in [0.25, 0.3) is 0 Å². The summed E-state index contributed by atoms with van der Waals surface area (Å²) >= 11 is -2.19. The van der Waals surface area contributed by atoms with Crippen LogP contribution in [0.15, 0.2) is 24.3 Å². The zero-order valence-electron chi connectivity index (χ0n) is 13.1. The molecule has 124 valence electrons. The van der Waals surface area contributed by atoms with Gasteiger partial charge >= 0.3 is 6.09 Å². The van der Waals surface area contributed by atoms with Gasteiger partial charge in [-0.2, -0.15) is 0 Å². The highest BCUT2D eigenvalue weighted by Gasteiger charge is 2.27. The molecule has 0 saturated carbocycles. The molecule has 1 aromatic carbocycles. The molecule has 22 heavy (non-hydrogen) atoms. The molecule has 0 aromatic heterocycles. The van der Waals surface area contributed by atoms with Crippen LogP contribution < -0.4 is 4.74 Å². The SMILES string of the molecule is CC(C)c1cccc(OC(=O)N(C)S(=O)N(C)S(C)(=O)=O)c1. The molecule has 1 aromatic rings. The van der Waals surface area contributed by atoms with Crippen molar-refractivity contribution in [1.29, 1.82) is 0 Å². The van der Waals surface area contributed by atoms with Crippen LogP contribution in [0.25, 0.3) is 0 Å². The van der Waals surface area contributed by atoms with Crippen LogP contribution in [0, 0.1) is 0 Å². The van der Waals surface area contributed by atoms with Crippen molar-refractivity contribution in [3.05, 3.63) is 29.8 Å². The summed E-state index contributed by atoms with van der Waals surface area (Å²) in [6, 6.07) is 6.96. The molecule has 0 spiro atoms. The fourth-order valence-electron chi connectivity index (χ4n) is 1.45.